The Morgan fingerprint density at radius 1 is 1.30 bits per heavy atom. The first-order valence-corrected chi connectivity index (χ1v) is 8.48. The van der Waals surface area contributed by atoms with E-state index in [1.165, 1.54) is 0 Å². The molecule has 0 aliphatic carbocycles. The van der Waals surface area contributed by atoms with E-state index in [1.807, 2.05) is 41.2 Å². The molecule has 2 aromatic rings. The Hall–Kier alpha value is -1.66. The van der Waals surface area contributed by atoms with Crippen LogP contribution in [0.5, 0.6) is 0 Å². The Morgan fingerprint density at radius 3 is 2.85 bits per heavy atom. The summed E-state index contributed by atoms with van der Waals surface area (Å²) in [5.74, 6) is 0.544. The molecule has 1 aliphatic rings. The molecule has 3 rings (SSSR count). The number of nitrogens with one attached hydrogen (secondary N) is 1. The van der Waals surface area contributed by atoms with E-state index in [4.69, 9.17) is 0 Å². The predicted octanol–water partition coefficient (Wildman–Crippen LogP) is 1.15. The van der Waals surface area contributed by atoms with Crippen molar-refractivity contribution < 1.29 is 8.42 Å². The van der Waals surface area contributed by atoms with Gasteiger partial charge in [0.05, 0.1) is 17.2 Å². The molecule has 1 atom stereocenters. The molecule has 2 heterocycles. The summed E-state index contributed by atoms with van der Waals surface area (Å²) >= 11 is 0. The second-order valence-corrected chi connectivity index (χ2v) is 7.29. The average molecular weight is 291 g/mol. The monoisotopic (exact) mass is 291 g/mol. The van der Waals surface area contributed by atoms with Gasteiger partial charge in [-0.1, -0.05) is 18.2 Å². The highest BCUT2D eigenvalue weighted by molar-refractivity contribution is 7.91. The molecule has 6 heteroatoms. The lowest BCUT2D eigenvalue weighted by atomic mass is 10.1. The van der Waals surface area contributed by atoms with Crippen LogP contribution >= 0.6 is 0 Å². The van der Waals surface area contributed by atoms with Crippen molar-refractivity contribution in [3.05, 3.63) is 48.3 Å². The van der Waals surface area contributed by atoms with E-state index in [2.05, 4.69) is 10.4 Å². The Kier molecular flexibility index (Phi) is 3.58. The minimum atomic E-state index is -2.83. The van der Waals surface area contributed by atoms with Gasteiger partial charge in [-0.15, -0.1) is 0 Å². The fraction of sp³-hybridized carbons (Fsp3) is 0.357. The fourth-order valence-corrected chi connectivity index (χ4v) is 4.21. The molecular formula is C14H17N3O2S. The van der Waals surface area contributed by atoms with Crippen LogP contribution in [0.25, 0.3) is 5.69 Å². The smallest absolute Gasteiger partial charge is 0.151 e. The van der Waals surface area contributed by atoms with Gasteiger partial charge >= 0.3 is 0 Å². The summed E-state index contributed by atoms with van der Waals surface area (Å²) in [5.41, 5.74) is 2.13. The highest BCUT2D eigenvalue weighted by Gasteiger charge is 2.27. The van der Waals surface area contributed by atoms with Crippen molar-refractivity contribution in [2.75, 3.05) is 11.5 Å². The Balaban J connectivity index is 1.72. The maximum atomic E-state index is 11.5. The van der Waals surface area contributed by atoms with Crippen molar-refractivity contribution in [2.24, 2.45) is 0 Å². The predicted molar refractivity (Wildman–Crippen MR) is 77.5 cm³/mol. The standard InChI is InChI=1S/C14H17N3O2S/c18-20(19)9-6-13(11-20)15-10-12-4-1-2-5-14(12)17-8-3-7-16-17/h1-5,7-8,13,15H,6,9-11H2. The summed E-state index contributed by atoms with van der Waals surface area (Å²) in [7, 11) is -2.83. The maximum Gasteiger partial charge on any atom is 0.151 e. The quantitative estimate of drug-likeness (QED) is 0.918. The number of hydrogen-bond donors (Lipinski definition) is 1. The zero-order valence-electron chi connectivity index (χ0n) is 11.1. The van der Waals surface area contributed by atoms with Crippen LogP contribution in [0.2, 0.25) is 0 Å². The molecule has 1 N–H and O–H groups in total. The third kappa shape index (κ3) is 2.91. The summed E-state index contributed by atoms with van der Waals surface area (Å²) in [4.78, 5) is 0. The molecule has 0 amide bonds. The minimum absolute atomic E-state index is 0.0608. The molecule has 0 radical (unpaired) electrons. The first-order chi connectivity index (χ1) is 9.64. The number of hydrogen-bond acceptors (Lipinski definition) is 4. The van der Waals surface area contributed by atoms with Crippen LogP contribution in [0, 0.1) is 0 Å². The lowest BCUT2D eigenvalue weighted by molar-refractivity contribution is 0.552. The molecule has 1 aromatic heterocycles. The first-order valence-electron chi connectivity index (χ1n) is 6.66. The molecule has 1 fully saturated rings. The van der Waals surface area contributed by atoms with Crippen LogP contribution in [0.1, 0.15) is 12.0 Å². The highest BCUT2D eigenvalue weighted by atomic mass is 32.2. The van der Waals surface area contributed by atoms with Crippen LogP contribution in [-0.4, -0.2) is 35.7 Å². The van der Waals surface area contributed by atoms with Crippen molar-refractivity contribution >= 4 is 9.84 Å². The van der Waals surface area contributed by atoms with E-state index in [0.717, 1.165) is 11.3 Å². The molecule has 1 aliphatic heterocycles. The number of nitrogens with zero attached hydrogens (tertiary/aromatic N) is 2. The summed E-state index contributed by atoms with van der Waals surface area (Å²) in [6, 6.07) is 9.94. The van der Waals surface area contributed by atoms with Crippen LogP contribution in [-0.2, 0) is 16.4 Å². The fourth-order valence-electron chi connectivity index (χ4n) is 2.51. The number of para-hydroxylation sites is 1. The Bertz CT molecular complexity index is 680. The van der Waals surface area contributed by atoms with Crippen LogP contribution in [0.4, 0.5) is 0 Å². The zero-order chi connectivity index (χ0) is 14.0. The zero-order valence-corrected chi connectivity index (χ0v) is 11.9. The van der Waals surface area contributed by atoms with E-state index in [9.17, 15) is 8.42 Å². The van der Waals surface area contributed by atoms with Gasteiger partial charge in [0, 0.05) is 25.0 Å². The number of benzene rings is 1. The molecule has 20 heavy (non-hydrogen) atoms. The summed E-state index contributed by atoms with van der Waals surface area (Å²) in [6.45, 7) is 0.649. The van der Waals surface area contributed by atoms with Gasteiger partial charge < -0.3 is 5.32 Å². The van der Waals surface area contributed by atoms with Gasteiger partial charge in [-0.3, -0.25) is 0 Å². The molecule has 1 unspecified atom stereocenters. The van der Waals surface area contributed by atoms with Crippen LogP contribution in [0.15, 0.2) is 42.7 Å². The van der Waals surface area contributed by atoms with E-state index in [-0.39, 0.29) is 11.8 Å². The molecule has 0 spiro atoms. The lowest BCUT2D eigenvalue weighted by Crippen LogP contribution is -2.29. The van der Waals surface area contributed by atoms with Gasteiger partial charge in [0.1, 0.15) is 0 Å². The van der Waals surface area contributed by atoms with E-state index < -0.39 is 9.84 Å². The van der Waals surface area contributed by atoms with E-state index in [1.54, 1.807) is 6.20 Å². The largest absolute Gasteiger partial charge is 0.309 e. The van der Waals surface area contributed by atoms with Crippen molar-refractivity contribution in [3.8, 4) is 5.69 Å². The summed E-state index contributed by atoms with van der Waals surface area (Å²) in [6.07, 6.45) is 4.35. The molecule has 106 valence electrons. The second kappa shape index (κ2) is 5.38. The number of sulfone groups is 1. The normalized spacial score (nSPS) is 21.1. The van der Waals surface area contributed by atoms with Gasteiger partial charge in [-0.05, 0) is 24.1 Å². The summed E-state index contributed by atoms with van der Waals surface area (Å²) in [5, 5.41) is 7.58. The van der Waals surface area contributed by atoms with Crippen molar-refractivity contribution in [1.82, 2.24) is 15.1 Å². The van der Waals surface area contributed by atoms with Gasteiger partial charge in [0.25, 0.3) is 0 Å². The highest BCUT2D eigenvalue weighted by Crippen LogP contribution is 2.16. The molecule has 0 bridgehead atoms. The third-order valence-corrected chi connectivity index (χ3v) is 5.32. The SMILES string of the molecule is O=S1(=O)CCC(NCc2ccccc2-n2cccn2)C1. The molecule has 1 saturated heterocycles. The molecule has 0 saturated carbocycles. The van der Waals surface area contributed by atoms with Crippen LogP contribution < -0.4 is 5.32 Å². The van der Waals surface area contributed by atoms with Crippen molar-refractivity contribution in [2.45, 2.75) is 19.0 Å². The van der Waals surface area contributed by atoms with E-state index in [0.29, 0.717) is 18.7 Å². The van der Waals surface area contributed by atoms with Crippen molar-refractivity contribution in [1.29, 1.82) is 0 Å². The third-order valence-electron chi connectivity index (χ3n) is 3.56. The topological polar surface area (TPSA) is 64.0 Å². The van der Waals surface area contributed by atoms with E-state index >= 15 is 0 Å². The molecule has 1 aromatic carbocycles. The van der Waals surface area contributed by atoms with Gasteiger partial charge in [0.2, 0.25) is 0 Å². The Labute approximate surface area is 118 Å². The molecule has 5 nitrogen and oxygen atoms in total. The van der Waals surface area contributed by atoms with Crippen molar-refractivity contribution in [3.63, 3.8) is 0 Å². The maximum absolute atomic E-state index is 11.5. The minimum Gasteiger partial charge on any atom is -0.309 e. The second-order valence-electron chi connectivity index (χ2n) is 5.06. The Morgan fingerprint density at radius 2 is 2.15 bits per heavy atom. The van der Waals surface area contributed by atoms with Gasteiger partial charge in [-0.25, -0.2) is 13.1 Å². The lowest BCUT2D eigenvalue weighted by Gasteiger charge is -2.13. The van der Waals surface area contributed by atoms with Gasteiger partial charge in [0.15, 0.2) is 9.84 Å². The number of aromatic nitrogens is 2. The van der Waals surface area contributed by atoms with Gasteiger partial charge in [-0.2, -0.15) is 5.10 Å². The average Bonchev–Trinajstić information content (AvgIpc) is 3.06. The molecular weight excluding hydrogens is 274 g/mol. The summed E-state index contributed by atoms with van der Waals surface area (Å²) < 4.78 is 24.7. The number of rotatable bonds is 4. The first kappa shape index (κ1) is 13.3. The van der Waals surface area contributed by atoms with Crippen LogP contribution in [0.3, 0.4) is 0 Å².